The zero-order valence-corrected chi connectivity index (χ0v) is 12.6. The predicted octanol–water partition coefficient (Wildman–Crippen LogP) is 4.18. The molecule has 0 saturated carbocycles. The van der Waals surface area contributed by atoms with Crippen molar-refractivity contribution in [3.63, 3.8) is 0 Å². The molecule has 0 bridgehead atoms. The number of benzene rings is 2. The molecule has 1 unspecified atom stereocenters. The molecule has 0 fully saturated rings. The zero-order chi connectivity index (χ0) is 14.7. The fourth-order valence-electron chi connectivity index (χ4n) is 2.06. The van der Waals surface area contributed by atoms with Gasteiger partial charge in [-0.1, -0.05) is 29.8 Å². The van der Waals surface area contributed by atoms with Gasteiger partial charge in [-0.2, -0.15) is 0 Å². The van der Waals surface area contributed by atoms with Crippen LogP contribution >= 0.6 is 15.9 Å². The van der Waals surface area contributed by atoms with Crippen molar-refractivity contribution in [2.24, 2.45) is 0 Å². The predicted molar refractivity (Wildman–Crippen MR) is 78.7 cm³/mol. The fraction of sp³-hybridized carbons (Fsp3) is 0.250. The summed E-state index contributed by atoms with van der Waals surface area (Å²) >= 11 is 3.02. The number of hydrogen-bond donors (Lipinski definition) is 1. The van der Waals surface area contributed by atoms with Crippen molar-refractivity contribution in [2.45, 2.75) is 25.9 Å². The molecule has 2 rings (SSSR count). The first-order valence-corrected chi connectivity index (χ1v) is 7.12. The number of aliphatic hydroxyl groups excluding tert-OH is 1. The Hall–Kier alpha value is -1.26. The van der Waals surface area contributed by atoms with E-state index >= 15 is 0 Å². The van der Waals surface area contributed by atoms with Crippen molar-refractivity contribution in [3.05, 3.63) is 69.2 Å². The summed E-state index contributed by atoms with van der Waals surface area (Å²) in [5.41, 5.74) is 1.99. The second kappa shape index (κ2) is 6.46. The maximum atomic E-state index is 13.8. The number of halogens is 3. The first-order valence-electron chi connectivity index (χ1n) is 6.33. The normalized spacial score (nSPS) is 12.4. The van der Waals surface area contributed by atoms with Gasteiger partial charge in [0.15, 0.2) is 0 Å². The van der Waals surface area contributed by atoms with Crippen LogP contribution in [-0.4, -0.2) is 11.2 Å². The summed E-state index contributed by atoms with van der Waals surface area (Å²) in [5, 5.41) is 10.0. The standard InChI is InChI=1S/C16H15BrF2O/c1-10-2-4-11(5-3-10)8-12(20)9-13-15(18)7-6-14(17)16(13)19/h2-7,12,20H,8-9H2,1H3. The quantitative estimate of drug-likeness (QED) is 0.827. The summed E-state index contributed by atoms with van der Waals surface area (Å²) in [6, 6.07) is 10.2. The monoisotopic (exact) mass is 340 g/mol. The van der Waals surface area contributed by atoms with Crippen LogP contribution in [0.4, 0.5) is 8.78 Å². The molecule has 1 nitrogen and oxygen atoms in total. The Labute approximate surface area is 125 Å². The second-order valence-electron chi connectivity index (χ2n) is 4.87. The van der Waals surface area contributed by atoms with E-state index in [1.54, 1.807) is 0 Å². The second-order valence-corrected chi connectivity index (χ2v) is 5.72. The first-order chi connectivity index (χ1) is 9.47. The molecule has 0 radical (unpaired) electrons. The molecular formula is C16H15BrF2O. The number of aliphatic hydroxyl groups is 1. The van der Waals surface area contributed by atoms with E-state index < -0.39 is 17.7 Å². The van der Waals surface area contributed by atoms with E-state index in [9.17, 15) is 13.9 Å². The fourth-order valence-corrected chi connectivity index (χ4v) is 2.43. The molecule has 0 spiro atoms. The van der Waals surface area contributed by atoms with Gasteiger partial charge in [-0.3, -0.25) is 0 Å². The lowest BCUT2D eigenvalue weighted by atomic mass is 10.00. The third-order valence-corrected chi connectivity index (χ3v) is 3.78. The van der Waals surface area contributed by atoms with E-state index in [4.69, 9.17) is 0 Å². The minimum absolute atomic E-state index is 0.0506. The highest BCUT2D eigenvalue weighted by Crippen LogP contribution is 2.23. The molecule has 0 amide bonds. The van der Waals surface area contributed by atoms with Gasteiger partial charge in [0.2, 0.25) is 0 Å². The van der Waals surface area contributed by atoms with Gasteiger partial charge in [-0.15, -0.1) is 0 Å². The van der Waals surface area contributed by atoms with Crippen LogP contribution in [0.25, 0.3) is 0 Å². The first kappa shape index (κ1) is 15.1. The number of hydrogen-bond acceptors (Lipinski definition) is 1. The van der Waals surface area contributed by atoms with Crippen LogP contribution in [0.5, 0.6) is 0 Å². The average molecular weight is 341 g/mol. The molecule has 0 aliphatic heterocycles. The number of rotatable bonds is 4. The van der Waals surface area contributed by atoms with Crippen molar-refractivity contribution in [1.82, 2.24) is 0 Å². The Kier molecular flexibility index (Phi) is 4.89. The van der Waals surface area contributed by atoms with Gasteiger partial charge >= 0.3 is 0 Å². The maximum Gasteiger partial charge on any atom is 0.143 e. The smallest absolute Gasteiger partial charge is 0.143 e. The SMILES string of the molecule is Cc1ccc(CC(O)Cc2c(F)ccc(Br)c2F)cc1. The molecule has 0 heterocycles. The van der Waals surface area contributed by atoms with E-state index in [0.29, 0.717) is 6.42 Å². The summed E-state index contributed by atoms with van der Waals surface area (Å²) in [6.45, 7) is 1.98. The van der Waals surface area contributed by atoms with Crippen LogP contribution in [0.1, 0.15) is 16.7 Å². The zero-order valence-electron chi connectivity index (χ0n) is 11.0. The van der Waals surface area contributed by atoms with Gasteiger partial charge in [-0.05, 0) is 47.0 Å². The molecule has 0 saturated heterocycles. The minimum Gasteiger partial charge on any atom is -0.392 e. The topological polar surface area (TPSA) is 20.2 Å². The molecule has 2 aromatic rings. The molecule has 0 aliphatic carbocycles. The Bertz CT molecular complexity index is 596. The highest BCUT2D eigenvalue weighted by molar-refractivity contribution is 9.10. The van der Waals surface area contributed by atoms with Gasteiger partial charge in [0.25, 0.3) is 0 Å². The van der Waals surface area contributed by atoms with Crippen LogP contribution in [0.2, 0.25) is 0 Å². The minimum atomic E-state index is -0.823. The summed E-state index contributed by atoms with van der Waals surface area (Å²) in [6.07, 6.45) is -0.507. The Balaban J connectivity index is 2.10. The maximum absolute atomic E-state index is 13.8. The van der Waals surface area contributed by atoms with Crippen LogP contribution in [0.3, 0.4) is 0 Å². The highest BCUT2D eigenvalue weighted by atomic mass is 79.9. The molecule has 1 N–H and O–H groups in total. The van der Waals surface area contributed by atoms with E-state index in [-0.39, 0.29) is 16.5 Å². The lowest BCUT2D eigenvalue weighted by Crippen LogP contribution is -2.16. The van der Waals surface area contributed by atoms with E-state index in [2.05, 4.69) is 15.9 Å². The molecular weight excluding hydrogens is 326 g/mol. The molecule has 1 atom stereocenters. The van der Waals surface area contributed by atoms with Crippen LogP contribution in [0.15, 0.2) is 40.9 Å². The summed E-state index contributed by atoms with van der Waals surface area (Å²) < 4.78 is 27.6. The van der Waals surface area contributed by atoms with Gasteiger partial charge in [0.1, 0.15) is 11.6 Å². The lowest BCUT2D eigenvalue weighted by molar-refractivity contribution is 0.172. The van der Waals surface area contributed by atoms with E-state index in [0.717, 1.165) is 11.1 Å². The Morgan fingerprint density at radius 3 is 2.35 bits per heavy atom. The van der Waals surface area contributed by atoms with Gasteiger partial charge in [0.05, 0.1) is 10.6 Å². The summed E-state index contributed by atoms with van der Waals surface area (Å²) in [4.78, 5) is 0. The van der Waals surface area contributed by atoms with E-state index in [1.165, 1.54) is 12.1 Å². The highest BCUT2D eigenvalue weighted by Gasteiger charge is 2.16. The molecule has 0 aromatic heterocycles. The van der Waals surface area contributed by atoms with Gasteiger partial charge in [0, 0.05) is 12.0 Å². The van der Waals surface area contributed by atoms with Crippen LogP contribution in [-0.2, 0) is 12.8 Å². The van der Waals surface area contributed by atoms with Crippen molar-refractivity contribution >= 4 is 15.9 Å². The number of aryl methyl sites for hydroxylation is 1. The lowest BCUT2D eigenvalue weighted by Gasteiger charge is -2.13. The Morgan fingerprint density at radius 1 is 1.05 bits per heavy atom. The molecule has 4 heteroatoms. The summed E-state index contributed by atoms with van der Waals surface area (Å²) in [5.74, 6) is -1.28. The molecule has 2 aromatic carbocycles. The van der Waals surface area contributed by atoms with Crippen molar-refractivity contribution < 1.29 is 13.9 Å². The molecule has 0 aliphatic rings. The van der Waals surface area contributed by atoms with Crippen molar-refractivity contribution in [3.8, 4) is 0 Å². The summed E-state index contributed by atoms with van der Waals surface area (Å²) in [7, 11) is 0. The molecule has 106 valence electrons. The van der Waals surface area contributed by atoms with Crippen LogP contribution < -0.4 is 0 Å². The van der Waals surface area contributed by atoms with Gasteiger partial charge < -0.3 is 5.11 Å². The van der Waals surface area contributed by atoms with Gasteiger partial charge in [-0.25, -0.2) is 8.78 Å². The van der Waals surface area contributed by atoms with Crippen molar-refractivity contribution in [1.29, 1.82) is 0 Å². The third-order valence-electron chi connectivity index (χ3n) is 3.17. The van der Waals surface area contributed by atoms with E-state index in [1.807, 2.05) is 31.2 Å². The third kappa shape index (κ3) is 3.64. The van der Waals surface area contributed by atoms with Crippen LogP contribution in [0, 0.1) is 18.6 Å². The largest absolute Gasteiger partial charge is 0.392 e. The van der Waals surface area contributed by atoms with Crippen molar-refractivity contribution in [2.75, 3.05) is 0 Å². The Morgan fingerprint density at radius 2 is 1.70 bits per heavy atom. The average Bonchev–Trinajstić information content (AvgIpc) is 2.42. The molecule has 20 heavy (non-hydrogen) atoms.